The van der Waals surface area contributed by atoms with Crippen LogP contribution in [0.25, 0.3) is 0 Å². The Morgan fingerprint density at radius 2 is 2.19 bits per heavy atom. The van der Waals surface area contributed by atoms with Crippen molar-refractivity contribution in [2.24, 2.45) is 0 Å². The summed E-state index contributed by atoms with van der Waals surface area (Å²) in [6, 6.07) is 12.1. The summed E-state index contributed by atoms with van der Waals surface area (Å²) in [6.07, 6.45) is 2.43. The minimum Gasteiger partial charge on any atom is -0.492 e. The molecular weight excluding hydrogens is 282 g/mol. The first kappa shape index (κ1) is 14.1. The van der Waals surface area contributed by atoms with Gasteiger partial charge in [-0.05, 0) is 55.1 Å². The molecule has 1 aliphatic heterocycles. The molecule has 1 aliphatic rings. The number of hydrogen-bond acceptors (Lipinski definition) is 4. The van der Waals surface area contributed by atoms with Crippen LogP contribution in [0.15, 0.2) is 41.8 Å². The Morgan fingerprint density at radius 3 is 2.86 bits per heavy atom. The van der Waals surface area contributed by atoms with E-state index in [2.05, 4.69) is 10.6 Å². The van der Waals surface area contributed by atoms with E-state index in [1.807, 2.05) is 41.8 Å². The lowest BCUT2D eigenvalue weighted by atomic mass is 10.2. The lowest BCUT2D eigenvalue weighted by Gasteiger charge is -2.12. The molecule has 0 amide bonds. The standard InChI is InChI=1S/C16H19N3OS/c17-16(15-4-2-10-21-15)19-12-5-7-14(8-6-12)20-11-13-3-1-9-18-13/h2,4-8,10,13,18H,1,3,9,11H2,(H2,17,19)/t13-/m0/s1. The maximum atomic E-state index is 7.99. The molecule has 0 radical (unpaired) electrons. The first-order valence-corrected chi connectivity index (χ1v) is 8.05. The number of amidine groups is 1. The van der Waals surface area contributed by atoms with Gasteiger partial charge in [-0.1, -0.05) is 6.07 Å². The molecule has 2 heterocycles. The predicted octanol–water partition coefficient (Wildman–Crippen LogP) is 3.32. The lowest BCUT2D eigenvalue weighted by molar-refractivity contribution is 0.277. The Kier molecular flexibility index (Phi) is 4.52. The summed E-state index contributed by atoms with van der Waals surface area (Å²) in [5.41, 5.74) is 0.903. The van der Waals surface area contributed by atoms with Crippen LogP contribution < -0.4 is 15.4 Å². The van der Waals surface area contributed by atoms with Crippen molar-refractivity contribution in [3.8, 4) is 5.75 Å². The van der Waals surface area contributed by atoms with E-state index in [0.29, 0.717) is 11.9 Å². The van der Waals surface area contributed by atoms with Crippen LogP contribution in [0.3, 0.4) is 0 Å². The van der Waals surface area contributed by atoms with Gasteiger partial charge in [0.2, 0.25) is 0 Å². The molecule has 0 saturated carbocycles. The highest BCUT2D eigenvalue weighted by molar-refractivity contribution is 7.12. The van der Waals surface area contributed by atoms with E-state index in [4.69, 9.17) is 10.1 Å². The monoisotopic (exact) mass is 301 g/mol. The zero-order chi connectivity index (χ0) is 14.5. The average Bonchev–Trinajstić information content (AvgIpc) is 3.20. The third-order valence-corrected chi connectivity index (χ3v) is 4.39. The molecule has 1 saturated heterocycles. The number of benzene rings is 1. The summed E-state index contributed by atoms with van der Waals surface area (Å²) >= 11 is 1.56. The quantitative estimate of drug-likeness (QED) is 0.586. The molecule has 1 atom stereocenters. The lowest BCUT2D eigenvalue weighted by Crippen LogP contribution is -2.28. The Labute approximate surface area is 128 Å². The number of anilines is 1. The first-order valence-electron chi connectivity index (χ1n) is 7.17. The van der Waals surface area contributed by atoms with Crippen LogP contribution >= 0.6 is 11.3 Å². The molecule has 21 heavy (non-hydrogen) atoms. The average molecular weight is 301 g/mol. The molecule has 0 spiro atoms. The van der Waals surface area contributed by atoms with Gasteiger partial charge in [0.05, 0.1) is 4.88 Å². The van der Waals surface area contributed by atoms with Gasteiger partial charge in [0.25, 0.3) is 0 Å². The van der Waals surface area contributed by atoms with E-state index in [9.17, 15) is 0 Å². The Morgan fingerprint density at radius 1 is 1.33 bits per heavy atom. The summed E-state index contributed by atoms with van der Waals surface area (Å²) in [5, 5.41) is 16.5. The number of nitrogens with one attached hydrogen (secondary N) is 3. The SMILES string of the molecule is N=C(Nc1ccc(OC[C@@H]2CCCN2)cc1)c1cccs1. The molecule has 2 aromatic rings. The van der Waals surface area contributed by atoms with Gasteiger partial charge in [-0.3, -0.25) is 5.41 Å². The van der Waals surface area contributed by atoms with Gasteiger partial charge in [-0.2, -0.15) is 0 Å². The Balaban J connectivity index is 1.52. The fourth-order valence-electron chi connectivity index (χ4n) is 2.36. The molecule has 1 fully saturated rings. The smallest absolute Gasteiger partial charge is 0.140 e. The van der Waals surface area contributed by atoms with Gasteiger partial charge in [0.15, 0.2) is 0 Å². The highest BCUT2D eigenvalue weighted by Gasteiger charge is 2.14. The zero-order valence-corrected chi connectivity index (χ0v) is 12.6. The highest BCUT2D eigenvalue weighted by Crippen LogP contribution is 2.18. The molecule has 0 bridgehead atoms. The Bertz CT molecular complexity index is 574. The molecule has 0 aliphatic carbocycles. The summed E-state index contributed by atoms with van der Waals surface area (Å²) < 4.78 is 5.78. The normalized spacial score (nSPS) is 17.6. The van der Waals surface area contributed by atoms with Gasteiger partial charge >= 0.3 is 0 Å². The van der Waals surface area contributed by atoms with Crippen molar-refractivity contribution in [3.05, 3.63) is 46.7 Å². The summed E-state index contributed by atoms with van der Waals surface area (Å²) in [7, 11) is 0. The molecule has 1 aromatic heterocycles. The van der Waals surface area contributed by atoms with E-state index < -0.39 is 0 Å². The Hall–Kier alpha value is -1.85. The molecule has 5 heteroatoms. The topological polar surface area (TPSA) is 57.1 Å². The van der Waals surface area contributed by atoms with Crippen LogP contribution in [0, 0.1) is 5.41 Å². The van der Waals surface area contributed by atoms with Crippen molar-refractivity contribution in [1.82, 2.24) is 5.32 Å². The van der Waals surface area contributed by atoms with Gasteiger partial charge in [-0.15, -0.1) is 11.3 Å². The van der Waals surface area contributed by atoms with Gasteiger partial charge in [0, 0.05) is 11.7 Å². The minimum atomic E-state index is 0.425. The van der Waals surface area contributed by atoms with E-state index in [0.717, 1.165) is 29.5 Å². The van der Waals surface area contributed by atoms with Gasteiger partial charge < -0.3 is 15.4 Å². The second-order valence-electron chi connectivity index (χ2n) is 5.11. The maximum absolute atomic E-state index is 7.99. The van der Waals surface area contributed by atoms with Crippen LogP contribution in [-0.4, -0.2) is 25.0 Å². The molecule has 3 rings (SSSR count). The summed E-state index contributed by atoms with van der Waals surface area (Å²) in [4.78, 5) is 0.933. The molecule has 1 aromatic carbocycles. The van der Waals surface area contributed by atoms with Crippen LogP contribution in [0.1, 0.15) is 17.7 Å². The molecule has 3 N–H and O–H groups in total. The van der Waals surface area contributed by atoms with E-state index in [-0.39, 0.29) is 0 Å². The van der Waals surface area contributed by atoms with Crippen LogP contribution in [0.5, 0.6) is 5.75 Å². The summed E-state index contributed by atoms with van der Waals surface area (Å²) in [5.74, 6) is 1.30. The van der Waals surface area contributed by atoms with E-state index in [1.165, 1.54) is 12.8 Å². The molecule has 0 unspecified atom stereocenters. The van der Waals surface area contributed by atoms with Gasteiger partial charge in [0.1, 0.15) is 18.2 Å². The second kappa shape index (κ2) is 6.74. The third kappa shape index (κ3) is 3.83. The maximum Gasteiger partial charge on any atom is 0.140 e. The predicted molar refractivity (Wildman–Crippen MR) is 87.7 cm³/mol. The number of thiophene rings is 1. The van der Waals surface area contributed by atoms with E-state index >= 15 is 0 Å². The van der Waals surface area contributed by atoms with Crippen molar-refractivity contribution in [1.29, 1.82) is 5.41 Å². The van der Waals surface area contributed by atoms with Crippen molar-refractivity contribution in [3.63, 3.8) is 0 Å². The van der Waals surface area contributed by atoms with E-state index in [1.54, 1.807) is 11.3 Å². The molecule has 110 valence electrons. The fourth-order valence-corrected chi connectivity index (χ4v) is 2.99. The van der Waals surface area contributed by atoms with Crippen LogP contribution in [-0.2, 0) is 0 Å². The number of rotatable bonds is 5. The van der Waals surface area contributed by atoms with Crippen molar-refractivity contribution < 1.29 is 4.74 Å². The fraction of sp³-hybridized carbons (Fsp3) is 0.312. The van der Waals surface area contributed by atoms with Crippen LogP contribution in [0.4, 0.5) is 5.69 Å². The molecular formula is C16H19N3OS. The highest BCUT2D eigenvalue weighted by atomic mass is 32.1. The van der Waals surface area contributed by atoms with Crippen LogP contribution in [0.2, 0.25) is 0 Å². The second-order valence-corrected chi connectivity index (χ2v) is 6.05. The first-order chi connectivity index (χ1) is 10.3. The van der Waals surface area contributed by atoms with Gasteiger partial charge in [-0.25, -0.2) is 0 Å². The van der Waals surface area contributed by atoms with Crippen molar-refractivity contribution >= 4 is 22.9 Å². The molecule has 4 nitrogen and oxygen atoms in total. The van der Waals surface area contributed by atoms with Crippen molar-refractivity contribution in [2.45, 2.75) is 18.9 Å². The van der Waals surface area contributed by atoms with Crippen molar-refractivity contribution in [2.75, 3.05) is 18.5 Å². The third-order valence-electron chi connectivity index (χ3n) is 3.50. The summed E-state index contributed by atoms with van der Waals surface area (Å²) in [6.45, 7) is 1.82. The number of hydrogen-bond donors (Lipinski definition) is 3. The number of ether oxygens (including phenoxy) is 1. The zero-order valence-electron chi connectivity index (χ0n) is 11.8. The minimum absolute atomic E-state index is 0.425. The largest absolute Gasteiger partial charge is 0.492 e.